The fourth-order valence-corrected chi connectivity index (χ4v) is 5.61. The van der Waals surface area contributed by atoms with Crippen LogP contribution in [0.2, 0.25) is 0 Å². The number of anilines is 1. The summed E-state index contributed by atoms with van der Waals surface area (Å²) in [5, 5.41) is 5.99. The van der Waals surface area contributed by atoms with Gasteiger partial charge < -0.3 is 10.6 Å². The van der Waals surface area contributed by atoms with Gasteiger partial charge in [0.1, 0.15) is 11.6 Å². The second kappa shape index (κ2) is 11.2. The number of hydrogen-bond donors (Lipinski definition) is 2. The zero-order valence-electron chi connectivity index (χ0n) is 19.7. The van der Waals surface area contributed by atoms with Crippen molar-refractivity contribution >= 4 is 15.8 Å². The molecule has 0 saturated carbocycles. The lowest BCUT2D eigenvalue weighted by molar-refractivity contribution is 0.495. The largest absolute Gasteiger partial charge is 0.354 e. The highest BCUT2D eigenvalue weighted by molar-refractivity contribution is 7.91. The third kappa shape index (κ3) is 7.29. The molecular weight excluding hydrogens is 470 g/mol. The van der Waals surface area contributed by atoms with E-state index in [1.54, 1.807) is 12.3 Å². The van der Waals surface area contributed by atoms with Crippen LogP contribution < -0.4 is 10.6 Å². The lowest BCUT2D eigenvalue weighted by atomic mass is 9.97. The van der Waals surface area contributed by atoms with Crippen molar-refractivity contribution in [3.63, 3.8) is 0 Å². The molecule has 6 nitrogen and oxygen atoms in total. The van der Waals surface area contributed by atoms with Gasteiger partial charge in [0, 0.05) is 30.6 Å². The summed E-state index contributed by atoms with van der Waals surface area (Å²) in [6.45, 7) is 2.23. The normalized spacial score (nSPS) is 16.8. The predicted octanol–water partition coefficient (Wildman–Crippen LogP) is 4.03. The molecular formula is C26H30F2N4O2S. The van der Waals surface area contributed by atoms with Crippen molar-refractivity contribution < 1.29 is 17.2 Å². The van der Waals surface area contributed by atoms with Crippen LogP contribution in [0.25, 0.3) is 11.3 Å². The smallest absolute Gasteiger partial charge is 0.223 e. The zero-order valence-corrected chi connectivity index (χ0v) is 20.5. The molecule has 1 aromatic heterocycles. The summed E-state index contributed by atoms with van der Waals surface area (Å²) in [5.74, 6) is -0.405. The summed E-state index contributed by atoms with van der Waals surface area (Å²) in [6, 6.07) is 13.0. The van der Waals surface area contributed by atoms with E-state index in [1.165, 1.54) is 18.4 Å². The van der Waals surface area contributed by atoms with Crippen LogP contribution >= 0.6 is 0 Å². The first-order valence-electron chi connectivity index (χ1n) is 11.8. The maximum Gasteiger partial charge on any atom is 0.223 e. The van der Waals surface area contributed by atoms with E-state index in [4.69, 9.17) is 0 Å². The molecule has 9 heteroatoms. The summed E-state index contributed by atoms with van der Waals surface area (Å²) in [4.78, 5) is 8.80. The molecule has 2 aromatic carbocycles. The summed E-state index contributed by atoms with van der Waals surface area (Å²) in [6.07, 6.45) is 5.52. The summed E-state index contributed by atoms with van der Waals surface area (Å²) in [5.41, 5.74) is 3.07. The zero-order chi connectivity index (χ0) is 24.8. The Morgan fingerprint density at radius 2 is 1.91 bits per heavy atom. The minimum atomic E-state index is -3.18. The summed E-state index contributed by atoms with van der Waals surface area (Å²) < 4.78 is 51.7. The van der Waals surface area contributed by atoms with E-state index in [1.807, 2.05) is 24.3 Å². The molecule has 0 amide bonds. The quantitative estimate of drug-likeness (QED) is 0.437. The Bertz CT molecular complexity index is 1240. The van der Waals surface area contributed by atoms with Crippen molar-refractivity contribution in [2.75, 3.05) is 31.2 Å². The molecule has 4 rings (SSSR count). The van der Waals surface area contributed by atoms with Gasteiger partial charge in [-0.3, -0.25) is 0 Å². The second-order valence-corrected chi connectivity index (χ2v) is 11.5. The van der Waals surface area contributed by atoms with E-state index in [-0.39, 0.29) is 0 Å². The number of halogens is 2. The molecule has 2 heterocycles. The van der Waals surface area contributed by atoms with Crippen LogP contribution in [0.15, 0.2) is 54.7 Å². The average molecular weight is 501 g/mol. The standard InChI is InChI=1S/C26H30F2N4O2S/c1-35(33,34)24(15-20-5-8-29-17-20)14-18-3-2-4-21(11-18)25-7-10-31-26(32-25)30-9-6-19-12-22(27)16-23(28)13-19/h2-4,7,10-13,16,20,24,29H,5-6,8-9,14-15,17H2,1H3,(H,30,31,32)/t20-,24?/m1/s1. The molecule has 35 heavy (non-hydrogen) atoms. The molecule has 2 N–H and O–H groups in total. The first-order chi connectivity index (χ1) is 16.8. The Kier molecular flexibility index (Phi) is 8.07. The maximum atomic E-state index is 13.4. The number of benzene rings is 2. The minimum absolute atomic E-state index is 0.386. The fraction of sp³-hybridized carbons (Fsp3) is 0.385. The van der Waals surface area contributed by atoms with Gasteiger partial charge in [-0.1, -0.05) is 18.2 Å². The SMILES string of the molecule is CS(=O)(=O)C(Cc1cccc(-c2ccnc(NCCc3cc(F)cc(F)c3)n2)c1)C[C@H]1CCNC1. The lowest BCUT2D eigenvalue weighted by Gasteiger charge is -2.19. The van der Waals surface area contributed by atoms with Crippen LogP contribution in [0.5, 0.6) is 0 Å². The van der Waals surface area contributed by atoms with Gasteiger partial charge in [0.05, 0.1) is 10.9 Å². The van der Waals surface area contributed by atoms with Crippen LogP contribution in [0.3, 0.4) is 0 Å². The Balaban J connectivity index is 1.43. The van der Waals surface area contributed by atoms with E-state index in [0.717, 1.165) is 36.7 Å². The molecule has 0 spiro atoms. The molecule has 1 aliphatic heterocycles. The summed E-state index contributed by atoms with van der Waals surface area (Å²) >= 11 is 0. The summed E-state index contributed by atoms with van der Waals surface area (Å²) in [7, 11) is -3.18. The molecule has 0 radical (unpaired) electrons. The molecule has 1 saturated heterocycles. The topological polar surface area (TPSA) is 84.0 Å². The van der Waals surface area contributed by atoms with E-state index in [9.17, 15) is 17.2 Å². The van der Waals surface area contributed by atoms with Crippen molar-refractivity contribution in [3.8, 4) is 11.3 Å². The molecule has 1 fully saturated rings. The monoisotopic (exact) mass is 500 g/mol. The fourth-order valence-electron chi connectivity index (χ4n) is 4.50. The molecule has 0 bridgehead atoms. The molecule has 1 aliphatic rings. The molecule has 1 unspecified atom stereocenters. The number of rotatable bonds is 10. The van der Waals surface area contributed by atoms with Crippen molar-refractivity contribution in [1.82, 2.24) is 15.3 Å². The Labute approximate surface area is 205 Å². The third-order valence-corrected chi connectivity index (χ3v) is 7.90. The highest BCUT2D eigenvalue weighted by Crippen LogP contribution is 2.25. The Hall–Kier alpha value is -2.91. The van der Waals surface area contributed by atoms with Gasteiger partial charge >= 0.3 is 0 Å². The molecule has 0 aliphatic carbocycles. The maximum absolute atomic E-state index is 13.4. The van der Waals surface area contributed by atoms with Crippen molar-refractivity contribution in [3.05, 3.63) is 77.5 Å². The van der Waals surface area contributed by atoms with E-state index in [0.29, 0.717) is 48.9 Å². The molecule has 3 aromatic rings. The van der Waals surface area contributed by atoms with Crippen LogP contribution in [-0.4, -0.2) is 49.5 Å². The van der Waals surface area contributed by atoms with Gasteiger partial charge in [-0.2, -0.15) is 0 Å². The number of aromatic nitrogens is 2. The van der Waals surface area contributed by atoms with Crippen LogP contribution in [-0.2, 0) is 22.7 Å². The van der Waals surface area contributed by atoms with Gasteiger partial charge in [-0.15, -0.1) is 0 Å². The van der Waals surface area contributed by atoms with E-state index in [2.05, 4.69) is 20.6 Å². The van der Waals surface area contributed by atoms with E-state index >= 15 is 0 Å². The number of hydrogen-bond acceptors (Lipinski definition) is 6. The van der Waals surface area contributed by atoms with Crippen LogP contribution in [0, 0.1) is 17.6 Å². The van der Waals surface area contributed by atoms with Crippen LogP contribution in [0.1, 0.15) is 24.0 Å². The second-order valence-electron chi connectivity index (χ2n) is 9.17. The first-order valence-corrected chi connectivity index (χ1v) is 13.7. The van der Waals surface area contributed by atoms with Crippen molar-refractivity contribution in [1.29, 1.82) is 0 Å². The molecule has 186 valence electrons. The third-order valence-electron chi connectivity index (χ3n) is 6.32. The highest BCUT2D eigenvalue weighted by atomic mass is 32.2. The number of nitrogens with one attached hydrogen (secondary N) is 2. The lowest BCUT2D eigenvalue weighted by Crippen LogP contribution is -2.26. The van der Waals surface area contributed by atoms with Gasteiger partial charge in [0.2, 0.25) is 5.95 Å². The van der Waals surface area contributed by atoms with Gasteiger partial charge in [-0.25, -0.2) is 27.2 Å². The Morgan fingerprint density at radius 1 is 1.11 bits per heavy atom. The average Bonchev–Trinajstić information content (AvgIpc) is 3.31. The van der Waals surface area contributed by atoms with Crippen molar-refractivity contribution in [2.24, 2.45) is 5.92 Å². The van der Waals surface area contributed by atoms with Gasteiger partial charge in [-0.05, 0) is 80.1 Å². The van der Waals surface area contributed by atoms with Gasteiger partial charge in [0.15, 0.2) is 9.84 Å². The highest BCUT2D eigenvalue weighted by Gasteiger charge is 2.27. The van der Waals surface area contributed by atoms with Gasteiger partial charge in [0.25, 0.3) is 0 Å². The number of sulfone groups is 1. The molecule has 2 atom stereocenters. The van der Waals surface area contributed by atoms with E-state index < -0.39 is 26.7 Å². The number of nitrogens with zero attached hydrogens (tertiary/aromatic N) is 2. The van der Waals surface area contributed by atoms with Crippen LogP contribution in [0.4, 0.5) is 14.7 Å². The first kappa shape index (κ1) is 25.2. The predicted molar refractivity (Wildman–Crippen MR) is 134 cm³/mol. The van der Waals surface area contributed by atoms with Crippen molar-refractivity contribution in [2.45, 2.75) is 30.9 Å². The Morgan fingerprint density at radius 3 is 2.63 bits per heavy atom. The minimum Gasteiger partial charge on any atom is -0.354 e.